The second-order valence-corrected chi connectivity index (χ2v) is 33.8. The van der Waals surface area contributed by atoms with Crippen molar-refractivity contribution in [2.45, 2.75) is 288 Å². The van der Waals surface area contributed by atoms with Gasteiger partial charge < -0.3 is 101 Å². The molecule has 2 amide bonds. The Kier molecular flexibility index (Phi) is 93.4. The molecule has 0 fully saturated rings. The van der Waals surface area contributed by atoms with Gasteiger partial charge in [-0.2, -0.15) is 26.3 Å². The number of rotatable bonds is 41. The number of nitrogens with two attached hydrogens (primary N) is 2. The molecule has 39 heteroatoms. The van der Waals surface area contributed by atoms with Gasteiger partial charge in [-0.15, -0.1) is 18.0 Å². The van der Waals surface area contributed by atoms with E-state index in [2.05, 4.69) is 132 Å². The van der Waals surface area contributed by atoms with Crippen LogP contribution in [0.25, 0.3) is 26.4 Å². The average Bonchev–Trinajstić information content (AvgIpc) is 0.871. The smallest absolute Gasteiger partial charge is 1.00 e. The van der Waals surface area contributed by atoms with Crippen LogP contribution in [0.5, 0.6) is 0 Å². The number of benzene rings is 6. The van der Waals surface area contributed by atoms with Crippen molar-refractivity contribution in [2.24, 2.45) is 16.6 Å². The molecular formula is C97H139Br3ClF6K2N10NaO16. The maximum Gasteiger partial charge on any atom is 1.00 e. The number of hydrogen-bond acceptors (Lipinski definition) is 19. The Labute approximate surface area is 939 Å². The van der Waals surface area contributed by atoms with E-state index in [0.29, 0.717) is 62.5 Å². The number of nitrogens with zero attached hydrogens (tertiary/aromatic N) is 6. The van der Waals surface area contributed by atoms with Gasteiger partial charge in [0.1, 0.15) is 16.8 Å². The Morgan fingerprint density at radius 2 is 0.765 bits per heavy atom. The molecule has 0 spiro atoms. The second kappa shape index (κ2) is 87.6. The molecule has 0 aliphatic heterocycles. The first-order valence-electron chi connectivity index (χ1n) is 43.8. The molecule has 17 N–H and O–H groups in total. The zero-order valence-electron chi connectivity index (χ0n) is 81.5. The second-order valence-electron chi connectivity index (χ2n) is 30.8. The fourth-order valence-corrected chi connectivity index (χ4v) is 14.0. The number of terminal acetylenes is 1. The average molecular weight is 2190 g/mol. The number of aliphatic hydroxyl groups excluding tert-OH is 7. The number of hydrogen-bond donors (Lipinski definition) is 15. The van der Waals surface area contributed by atoms with Crippen LogP contribution in [0, 0.1) is 36.0 Å². The molecule has 0 aliphatic rings. The van der Waals surface area contributed by atoms with Gasteiger partial charge in [-0.3, -0.25) is 19.3 Å². The molecule has 6 atom stereocenters. The van der Waals surface area contributed by atoms with Gasteiger partial charge in [0.25, 0.3) is 6.47 Å². The number of nitrogens with one attached hydrogen (secondary N) is 2. The Morgan fingerprint density at radius 3 is 1.04 bits per heavy atom. The first-order chi connectivity index (χ1) is 62.8. The van der Waals surface area contributed by atoms with Gasteiger partial charge in [0.2, 0.25) is 0 Å². The van der Waals surface area contributed by atoms with Crippen LogP contribution in [0.4, 0.5) is 26.3 Å². The standard InChI is InChI=1S/C20H26F3NO3.C18H31NO2.C18H27NO2.C11H11BrF3NO2.C9H10BrClO.C9H10BrN3O.C9H16O.C2H6O.CH2O3.2K.N3.Na.H/c1-3-9-19(27,10-4-2)11-8-15-6-5-7-16(12-15)13-17(25)14-24-18(26)20(21,22)23;2*1-3-9-18(21,10-4-2)11-8-15-6-5-7-16(12-15)13-17(20)14-19;12-8-3-1-2-7(4-8)5-9(17)6-16-10(18)11(13,14)15;10-8-3-1-2-7(4-8)5-9(12)6-11;10-8-3-1-2-7(4-8)5-9(14)6-12-13-11;1-4-7-9(10,6-3)8-5-2;1-2-3;2-1-4-3;;;1-3-2;;/h5-7,12,17,25,27H,3-4,9-10,13-14H2,1-2H3,(H,24,26);5-7,12,17,20-21H,3-4,8-11,13-14,19H2,1-2H3;5-7,12,17,20-21H,3-4,9-10,13-14,19H2,1-2H3;1-4,9,17H,5-6H2,(H,16,18);1-4,9,12H,5-6H2;1-4,9,14H,5-6H2;3,10H,4-5,7-8H2,1-2H3;3H,2H2,1H3;1,3H;;;;;/q;;;;;;;;;2*+1;-1;+1;-1/p-1. The van der Waals surface area contributed by atoms with E-state index >= 15 is 0 Å². The number of amides is 2. The first kappa shape index (κ1) is 145. The minimum atomic E-state index is -4.97. The van der Waals surface area contributed by atoms with Gasteiger partial charge in [-0.1, -0.05) is 274 Å². The van der Waals surface area contributed by atoms with E-state index in [0.717, 1.165) is 137 Å². The Morgan fingerprint density at radius 1 is 0.493 bits per heavy atom. The summed E-state index contributed by atoms with van der Waals surface area (Å²) < 4.78 is 74.9. The molecule has 0 bridgehead atoms. The quantitative estimate of drug-likeness (QED) is 0.00167. The summed E-state index contributed by atoms with van der Waals surface area (Å²) in [4.78, 5) is 36.6. The van der Waals surface area contributed by atoms with E-state index < -0.39 is 96.3 Å². The van der Waals surface area contributed by atoms with Crippen molar-refractivity contribution in [1.82, 2.24) is 10.6 Å². The Balaban J connectivity index is -0.000000235. The summed E-state index contributed by atoms with van der Waals surface area (Å²) >= 11 is 15.4. The normalized spacial score (nSPS) is 11.8. The SMILES string of the molecule is C#CC(O)(CCC)CCC.CCCC(O)(C#Cc1cccc(CC(O)CN)c1)CCC.CCCC(O)(C#Cc1cccc(CC(O)CNC(=O)C(F)(F)F)c1)CCC.CCCC(O)(CCC)CCc1cccc(CC(O)CN)c1.CCO.O=C(NCC(O)Cc1cccc(Br)c1)C(F)(F)F.O=CO[O-].OC(CCl)Cc1cccc(Br)c1.[H-].[K+].[K+].[N-]=[N+]=NCC(O)Cc1cccc(Br)c1.[N-]=[N+]=[N-].[Na+]. The largest absolute Gasteiger partial charge is 1.00 e. The molecule has 0 saturated heterocycles. The third-order valence-electron chi connectivity index (χ3n) is 18.4. The Hall–Kier alpha value is -3.95. The maximum atomic E-state index is 12.1. The van der Waals surface area contributed by atoms with Crippen LogP contribution in [0.1, 0.15) is 223 Å². The molecule has 0 radical (unpaired) electrons. The monoisotopic (exact) mass is 2190 g/mol. The fraction of sp³-hybridized carbons (Fsp3) is 0.536. The van der Waals surface area contributed by atoms with E-state index in [-0.39, 0.29) is 185 Å². The Bertz CT molecular complexity index is 4390. The fourth-order valence-electron chi connectivity index (χ4n) is 12.6. The van der Waals surface area contributed by atoms with Gasteiger partial charge in [0, 0.05) is 81.0 Å². The summed E-state index contributed by atoms with van der Waals surface area (Å²) in [5.74, 6) is 10.5. The molecule has 0 saturated carbocycles. The van der Waals surface area contributed by atoms with Gasteiger partial charge in [-0.25, -0.2) is 0 Å². The van der Waals surface area contributed by atoms with Crippen molar-refractivity contribution >= 4 is 77.7 Å². The number of aliphatic hydroxyl groups is 11. The molecule has 6 aromatic rings. The summed E-state index contributed by atoms with van der Waals surface area (Å²) in [6.07, 6.45) is 8.23. The molecule has 746 valence electrons. The maximum absolute atomic E-state index is 12.1. The molecular weight excluding hydrogens is 2050 g/mol. The molecule has 0 heterocycles. The summed E-state index contributed by atoms with van der Waals surface area (Å²) in [5.41, 5.74) is 37.5. The molecule has 0 aliphatic carbocycles. The van der Waals surface area contributed by atoms with Crippen molar-refractivity contribution in [2.75, 3.05) is 45.2 Å². The van der Waals surface area contributed by atoms with E-state index in [1.54, 1.807) is 66.1 Å². The summed E-state index contributed by atoms with van der Waals surface area (Å²) in [5, 5.41) is 121. The third-order valence-corrected chi connectivity index (χ3v) is 20.2. The first-order valence-corrected chi connectivity index (χ1v) is 46.7. The van der Waals surface area contributed by atoms with E-state index in [9.17, 15) is 87.0 Å². The number of aryl methyl sites for hydroxylation is 1. The molecule has 0 aromatic heterocycles. The van der Waals surface area contributed by atoms with Crippen molar-refractivity contribution in [1.29, 1.82) is 0 Å². The van der Waals surface area contributed by atoms with Crippen LogP contribution in [0.15, 0.2) is 164 Å². The van der Waals surface area contributed by atoms with Gasteiger partial charge in [-0.05, 0) is 202 Å². The van der Waals surface area contributed by atoms with Crippen LogP contribution in [-0.2, 0) is 64.2 Å². The van der Waals surface area contributed by atoms with Crippen LogP contribution in [-0.4, -0.2) is 191 Å². The van der Waals surface area contributed by atoms with Crippen molar-refractivity contribution in [3.05, 3.63) is 235 Å². The number of azide groups is 1. The van der Waals surface area contributed by atoms with E-state index in [1.807, 2.05) is 113 Å². The van der Waals surface area contributed by atoms with Crippen molar-refractivity contribution in [3.8, 4) is 36.0 Å². The zero-order valence-corrected chi connectivity index (χ0v) is 94.2. The third kappa shape index (κ3) is 78.6. The van der Waals surface area contributed by atoms with Gasteiger partial charge >= 0.3 is 156 Å². The number of carbonyl (C=O) groups excluding carboxylic acids is 3. The predicted octanol–water partition coefficient (Wildman–Crippen LogP) is 7.66. The minimum absolute atomic E-state index is 0. The van der Waals surface area contributed by atoms with Crippen molar-refractivity contribution < 1.29 is 241 Å². The zero-order chi connectivity index (χ0) is 102. The molecule has 6 unspecified atom stereocenters. The minimum Gasteiger partial charge on any atom is -1.00 e. The van der Waals surface area contributed by atoms with Crippen LogP contribution >= 0.6 is 59.4 Å². The molecule has 136 heavy (non-hydrogen) atoms. The molecule has 26 nitrogen and oxygen atoms in total. The van der Waals surface area contributed by atoms with Crippen LogP contribution in [0.2, 0.25) is 0 Å². The molecule has 6 rings (SSSR count). The topological polar surface area (TPSA) is 490 Å². The van der Waals surface area contributed by atoms with E-state index in [1.165, 1.54) is 10.5 Å². The van der Waals surface area contributed by atoms with Crippen LogP contribution < -0.4 is 160 Å². The molecule has 6 aromatic carbocycles. The van der Waals surface area contributed by atoms with Crippen LogP contribution in [0.3, 0.4) is 0 Å². The summed E-state index contributed by atoms with van der Waals surface area (Å²) in [7, 11) is 0. The number of alkyl halides is 7. The summed E-state index contributed by atoms with van der Waals surface area (Å²) in [6, 6.07) is 45.4. The summed E-state index contributed by atoms with van der Waals surface area (Å²) in [6.45, 7) is 17.8. The van der Waals surface area contributed by atoms with Gasteiger partial charge in [0.05, 0.1) is 48.8 Å². The number of halogens is 10. The van der Waals surface area contributed by atoms with Crippen molar-refractivity contribution in [3.63, 3.8) is 0 Å². The predicted molar refractivity (Wildman–Crippen MR) is 522 cm³/mol. The van der Waals surface area contributed by atoms with E-state index in [4.69, 9.17) is 61.2 Å². The van der Waals surface area contributed by atoms with Gasteiger partial charge in [0.15, 0.2) is 0 Å². The number of carbonyl (C=O) groups is 3.